The standard InChI is InChI=1S/C45H33N5/c1-3-10-34-29(2)49(41-14-7-4-11-35(34)41)33-21-18-31(19-22-33)45-38(23-20-32(27-47)40(45)28-48)36-12-5-8-15-42(36)50-43-16-9-6-13-37(43)39-25-30(26-46)17-24-44(39)50/h3-22,24-25,38-39,44H,23H2,1-2H3/b10-3-. The monoisotopic (exact) mass is 643 g/mol. The van der Waals surface area contributed by atoms with Gasteiger partial charge in [0.05, 0.1) is 28.8 Å². The van der Waals surface area contributed by atoms with Crippen LogP contribution in [0.4, 0.5) is 11.4 Å². The highest BCUT2D eigenvalue weighted by atomic mass is 15.2. The second kappa shape index (κ2) is 12.4. The molecule has 2 aliphatic carbocycles. The van der Waals surface area contributed by atoms with Crippen LogP contribution in [0.25, 0.3) is 28.2 Å². The molecule has 0 radical (unpaired) electrons. The maximum Gasteiger partial charge on any atom is 0.101 e. The average Bonchev–Trinajstić information content (AvgIpc) is 3.65. The summed E-state index contributed by atoms with van der Waals surface area (Å²) in [5, 5.41) is 31.6. The molecular formula is C45H33N5. The predicted molar refractivity (Wildman–Crippen MR) is 201 cm³/mol. The molecule has 1 aromatic heterocycles. The van der Waals surface area contributed by atoms with Crippen molar-refractivity contribution in [1.82, 2.24) is 4.57 Å². The van der Waals surface area contributed by atoms with Crippen molar-refractivity contribution in [2.24, 2.45) is 0 Å². The number of rotatable bonds is 5. The Bertz CT molecular complexity index is 2480. The fraction of sp³-hybridized carbons (Fsp3) is 0.133. The number of anilines is 2. The number of nitrogens with zero attached hydrogens (tertiary/aromatic N) is 5. The third-order valence-corrected chi connectivity index (χ3v) is 10.4. The molecule has 0 saturated heterocycles. The maximum absolute atomic E-state index is 10.6. The fourth-order valence-corrected chi connectivity index (χ4v) is 8.22. The summed E-state index contributed by atoms with van der Waals surface area (Å²) in [6.07, 6.45) is 12.9. The van der Waals surface area contributed by atoms with Crippen molar-refractivity contribution in [3.63, 3.8) is 0 Å². The van der Waals surface area contributed by atoms with Gasteiger partial charge in [0.15, 0.2) is 0 Å². The molecule has 0 bridgehead atoms. The summed E-state index contributed by atoms with van der Waals surface area (Å²) in [6.45, 7) is 4.19. The van der Waals surface area contributed by atoms with E-state index in [-0.39, 0.29) is 17.9 Å². The van der Waals surface area contributed by atoms with E-state index in [1.165, 1.54) is 16.5 Å². The predicted octanol–water partition coefficient (Wildman–Crippen LogP) is 10.5. The number of nitriles is 3. The molecule has 5 heteroatoms. The van der Waals surface area contributed by atoms with Crippen LogP contribution in [0.2, 0.25) is 0 Å². The summed E-state index contributed by atoms with van der Waals surface area (Å²) >= 11 is 0. The number of hydrogen-bond acceptors (Lipinski definition) is 4. The molecule has 4 aromatic carbocycles. The van der Waals surface area contributed by atoms with Crippen LogP contribution in [0.1, 0.15) is 53.1 Å². The zero-order valence-electron chi connectivity index (χ0n) is 27.9. The van der Waals surface area contributed by atoms with Gasteiger partial charge < -0.3 is 9.47 Å². The molecule has 1 aliphatic heterocycles. The summed E-state index contributed by atoms with van der Waals surface area (Å²) in [4.78, 5) is 2.38. The highest BCUT2D eigenvalue weighted by Crippen LogP contribution is 2.52. The van der Waals surface area contributed by atoms with Crippen LogP contribution in [0.15, 0.2) is 144 Å². The first-order valence-corrected chi connectivity index (χ1v) is 16.9. The number of hydrogen-bond donors (Lipinski definition) is 0. The summed E-state index contributed by atoms with van der Waals surface area (Å²) in [6, 6.07) is 40.8. The van der Waals surface area contributed by atoms with Crippen molar-refractivity contribution in [2.45, 2.75) is 38.1 Å². The van der Waals surface area contributed by atoms with Gasteiger partial charge in [-0.25, -0.2) is 0 Å². The zero-order chi connectivity index (χ0) is 34.4. The Balaban J connectivity index is 1.26. The lowest BCUT2D eigenvalue weighted by atomic mass is 9.76. The third-order valence-electron chi connectivity index (χ3n) is 10.4. The second-order valence-electron chi connectivity index (χ2n) is 12.9. The summed E-state index contributed by atoms with van der Waals surface area (Å²) in [7, 11) is 0. The number of benzene rings is 4. The van der Waals surface area contributed by atoms with Crippen molar-refractivity contribution in [3.05, 3.63) is 172 Å². The van der Waals surface area contributed by atoms with Crippen molar-refractivity contribution in [1.29, 1.82) is 15.8 Å². The molecule has 0 fully saturated rings. The molecule has 0 spiro atoms. The molecule has 2 heterocycles. The lowest BCUT2D eigenvalue weighted by Crippen LogP contribution is -2.30. The summed E-state index contributed by atoms with van der Waals surface area (Å²) < 4.78 is 2.29. The summed E-state index contributed by atoms with van der Waals surface area (Å²) in [5.41, 5.74) is 12.3. The zero-order valence-corrected chi connectivity index (χ0v) is 27.9. The number of aromatic nitrogens is 1. The van der Waals surface area contributed by atoms with Crippen LogP contribution < -0.4 is 4.90 Å². The highest BCUT2D eigenvalue weighted by Gasteiger charge is 2.40. The Morgan fingerprint density at radius 3 is 2.20 bits per heavy atom. The topological polar surface area (TPSA) is 79.5 Å². The number of para-hydroxylation sites is 3. The molecule has 238 valence electrons. The van der Waals surface area contributed by atoms with Crippen LogP contribution in [0.3, 0.4) is 0 Å². The molecule has 50 heavy (non-hydrogen) atoms. The Labute approximate surface area is 292 Å². The minimum absolute atomic E-state index is 0.00804. The van der Waals surface area contributed by atoms with E-state index in [1.54, 1.807) is 0 Å². The van der Waals surface area contributed by atoms with Crippen molar-refractivity contribution < 1.29 is 0 Å². The van der Waals surface area contributed by atoms with E-state index in [0.717, 1.165) is 45.0 Å². The van der Waals surface area contributed by atoms with Gasteiger partial charge in [0, 0.05) is 51.1 Å². The van der Waals surface area contributed by atoms with Gasteiger partial charge >= 0.3 is 0 Å². The molecule has 0 N–H and O–H groups in total. The molecule has 0 amide bonds. The SMILES string of the molecule is C/C=C\c1c(C)n(-c2ccc(C3=C(C#N)C(C#N)=CCC3c3ccccc3N3c4ccccc4C4C=C(C#N)C=CC43)cc2)c2ccccc12. The van der Waals surface area contributed by atoms with Gasteiger partial charge in [-0.15, -0.1) is 0 Å². The highest BCUT2D eigenvalue weighted by molar-refractivity contribution is 5.93. The molecule has 3 aliphatic rings. The quantitative estimate of drug-likeness (QED) is 0.191. The first-order valence-electron chi connectivity index (χ1n) is 16.9. The molecule has 0 saturated carbocycles. The van der Waals surface area contributed by atoms with E-state index in [1.807, 2.05) is 19.1 Å². The van der Waals surface area contributed by atoms with Crippen LogP contribution in [0.5, 0.6) is 0 Å². The average molecular weight is 644 g/mol. The fourth-order valence-electron chi connectivity index (χ4n) is 8.22. The van der Waals surface area contributed by atoms with Crippen molar-refractivity contribution >= 4 is 33.9 Å². The largest absolute Gasteiger partial charge is 0.333 e. The molecule has 3 unspecified atom stereocenters. The Kier molecular flexibility index (Phi) is 7.64. The molecule has 5 nitrogen and oxygen atoms in total. The van der Waals surface area contributed by atoms with E-state index in [2.05, 4.69) is 156 Å². The van der Waals surface area contributed by atoms with E-state index in [9.17, 15) is 15.8 Å². The lowest BCUT2D eigenvalue weighted by molar-refractivity contribution is 0.734. The van der Waals surface area contributed by atoms with Crippen LogP contribution in [-0.4, -0.2) is 10.6 Å². The van der Waals surface area contributed by atoms with Crippen LogP contribution >= 0.6 is 0 Å². The van der Waals surface area contributed by atoms with E-state index in [0.29, 0.717) is 23.1 Å². The number of fused-ring (bicyclic) bond motifs is 4. The van der Waals surface area contributed by atoms with Crippen LogP contribution in [-0.2, 0) is 0 Å². The minimum Gasteiger partial charge on any atom is -0.333 e. The van der Waals surface area contributed by atoms with Crippen LogP contribution in [0, 0.1) is 40.9 Å². The first kappa shape index (κ1) is 30.7. The molecule has 3 atom stereocenters. The van der Waals surface area contributed by atoms with Gasteiger partial charge in [0.1, 0.15) is 12.1 Å². The van der Waals surface area contributed by atoms with Crippen molar-refractivity contribution in [3.8, 4) is 23.9 Å². The van der Waals surface area contributed by atoms with E-state index >= 15 is 0 Å². The Morgan fingerprint density at radius 1 is 0.780 bits per heavy atom. The van der Waals surface area contributed by atoms with Crippen molar-refractivity contribution in [2.75, 3.05) is 4.90 Å². The maximum atomic E-state index is 10.6. The van der Waals surface area contributed by atoms with Gasteiger partial charge in [0.25, 0.3) is 0 Å². The second-order valence-corrected chi connectivity index (χ2v) is 12.9. The van der Waals surface area contributed by atoms with E-state index < -0.39 is 0 Å². The lowest BCUT2D eigenvalue weighted by Gasteiger charge is -2.34. The Hall–Kier alpha value is -6.61. The van der Waals surface area contributed by atoms with Gasteiger partial charge in [-0.2, -0.15) is 15.8 Å². The van der Waals surface area contributed by atoms with E-state index in [4.69, 9.17) is 0 Å². The number of allylic oxidation sites excluding steroid dienone is 7. The van der Waals surface area contributed by atoms with Gasteiger partial charge in [-0.1, -0.05) is 97.1 Å². The minimum atomic E-state index is -0.164. The molecular weight excluding hydrogens is 611 g/mol. The van der Waals surface area contributed by atoms with Gasteiger partial charge in [0.2, 0.25) is 0 Å². The third kappa shape index (κ3) is 4.74. The Morgan fingerprint density at radius 2 is 1.48 bits per heavy atom. The first-order chi connectivity index (χ1) is 24.6. The van der Waals surface area contributed by atoms with Gasteiger partial charge in [-0.3, -0.25) is 0 Å². The normalized spacial score (nSPS) is 19.4. The molecule has 8 rings (SSSR count). The van der Waals surface area contributed by atoms with Gasteiger partial charge in [-0.05, 0) is 78.9 Å². The molecule has 5 aromatic rings. The summed E-state index contributed by atoms with van der Waals surface area (Å²) in [5.74, 6) is -0.114. The smallest absolute Gasteiger partial charge is 0.101 e.